The van der Waals surface area contributed by atoms with Gasteiger partial charge in [-0.25, -0.2) is 0 Å². The van der Waals surface area contributed by atoms with E-state index in [1.165, 1.54) is 0 Å². The normalized spacial score (nSPS) is 16.8. The molecule has 1 heterocycles. The van der Waals surface area contributed by atoms with Gasteiger partial charge in [-0.1, -0.05) is 42.5 Å². The van der Waals surface area contributed by atoms with E-state index in [0.29, 0.717) is 19.6 Å². The van der Waals surface area contributed by atoms with Crippen molar-refractivity contribution in [3.8, 4) is 5.75 Å². The summed E-state index contributed by atoms with van der Waals surface area (Å²) in [4.78, 5) is 11.9. The minimum absolute atomic E-state index is 0.0394. The number of hydrogen-bond donors (Lipinski definition) is 1. The Balaban J connectivity index is 1.46. The maximum atomic E-state index is 11.9. The molecule has 0 bridgehead atoms. The number of ether oxygens (including phenoxy) is 2. The first kappa shape index (κ1) is 16.5. The lowest BCUT2D eigenvalue weighted by Crippen LogP contribution is -2.26. The molecule has 1 amide bonds. The summed E-state index contributed by atoms with van der Waals surface area (Å²) in [7, 11) is 0. The molecule has 0 unspecified atom stereocenters. The summed E-state index contributed by atoms with van der Waals surface area (Å²) in [6, 6.07) is 17.9. The molecule has 0 aliphatic carbocycles. The molecule has 3 rings (SSSR count). The van der Waals surface area contributed by atoms with Crippen molar-refractivity contribution in [2.45, 2.75) is 38.5 Å². The maximum absolute atomic E-state index is 11.9. The fourth-order valence-corrected chi connectivity index (χ4v) is 2.77. The van der Waals surface area contributed by atoms with Gasteiger partial charge in [0.05, 0.1) is 12.5 Å². The van der Waals surface area contributed by atoms with Gasteiger partial charge in [0.1, 0.15) is 12.4 Å². The van der Waals surface area contributed by atoms with Gasteiger partial charge in [0.15, 0.2) is 0 Å². The number of benzene rings is 2. The van der Waals surface area contributed by atoms with E-state index in [4.69, 9.17) is 9.47 Å². The van der Waals surface area contributed by atoms with Gasteiger partial charge >= 0.3 is 0 Å². The Labute approximate surface area is 142 Å². The van der Waals surface area contributed by atoms with E-state index in [2.05, 4.69) is 5.32 Å². The minimum Gasteiger partial charge on any atom is -0.489 e. The molecule has 0 spiro atoms. The van der Waals surface area contributed by atoms with Crippen molar-refractivity contribution in [3.05, 3.63) is 65.7 Å². The van der Waals surface area contributed by atoms with Crippen LogP contribution < -0.4 is 10.1 Å². The molecule has 24 heavy (non-hydrogen) atoms. The van der Waals surface area contributed by atoms with E-state index in [9.17, 15) is 4.79 Å². The number of rotatable bonds is 7. The highest BCUT2D eigenvalue weighted by Gasteiger charge is 2.18. The third kappa shape index (κ3) is 5.10. The van der Waals surface area contributed by atoms with Crippen LogP contribution in [0.3, 0.4) is 0 Å². The summed E-state index contributed by atoms with van der Waals surface area (Å²) in [5.74, 6) is 0.849. The number of carbonyl (C=O) groups excluding carboxylic acids is 1. The zero-order valence-corrected chi connectivity index (χ0v) is 13.7. The largest absolute Gasteiger partial charge is 0.489 e. The van der Waals surface area contributed by atoms with Crippen LogP contribution in [0.2, 0.25) is 0 Å². The van der Waals surface area contributed by atoms with Gasteiger partial charge in [0.2, 0.25) is 5.91 Å². The molecule has 1 aliphatic heterocycles. The van der Waals surface area contributed by atoms with Crippen molar-refractivity contribution in [1.29, 1.82) is 0 Å². The van der Waals surface area contributed by atoms with E-state index < -0.39 is 0 Å². The Bertz CT molecular complexity index is 651. The molecule has 2 aromatic rings. The molecule has 1 N–H and O–H groups in total. The molecule has 126 valence electrons. The standard InChI is InChI=1S/C20H23NO3/c22-20(13-19-10-5-11-23-19)21-14-17-8-4-9-18(12-17)24-15-16-6-2-1-3-7-16/h1-4,6-9,12,19H,5,10-11,13-15H2,(H,21,22)/t19-/m0/s1. The Kier molecular flexibility index (Phi) is 5.85. The summed E-state index contributed by atoms with van der Waals surface area (Å²) in [6.45, 7) is 1.82. The predicted octanol–water partition coefficient (Wildman–Crippen LogP) is 3.45. The molecule has 0 saturated carbocycles. The molecular weight excluding hydrogens is 302 g/mol. The van der Waals surface area contributed by atoms with Gasteiger partial charge in [-0.15, -0.1) is 0 Å². The average molecular weight is 325 g/mol. The summed E-state index contributed by atoms with van der Waals surface area (Å²) in [5.41, 5.74) is 2.16. The van der Waals surface area contributed by atoms with Crippen LogP contribution in [-0.4, -0.2) is 18.6 Å². The highest BCUT2D eigenvalue weighted by atomic mass is 16.5. The monoisotopic (exact) mass is 325 g/mol. The summed E-state index contributed by atoms with van der Waals surface area (Å²) in [6.07, 6.45) is 2.57. The number of carbonyl (C=O) groups is 1. The van der Waals surface area contributed by atoms with E-state index >= 15 is 0 Å². The van der Waals surface area contributed by atoms with Crippen molar-refractivity contribution in [1.82, 2.24) is 5.32 Å². The molecule has 1 atom stereocenters. The van der Waals surface area contributed by atoms with Crippen LogP contribution >= 0.6 is 0 Å². The number of nitrogens with one attached hydrogen (secondary N) is 1. The van der Waals surface area contributed by atoms with Crippen LogP contribution in [0.4, 0.5) is 0 Å². The van der Waals surface area contributed by atoms with E-state index in [1.807, 2.05) is 54.6 Å². The van der Waals surface area contributed by atoms with Crippen LogP contribution in [0.5, 0.6) is 5.75 Å². The van der Waals surface area contributed by atoms with Crippen LogP contribution in [0.25, 0.3) is 0 Å². The van der Waals surface area contributed by atoms with Crippen LogP contribution in [0, 0.1) is 0 Å². The average Bonchev–Trinajstić information content (AvgIpc) is 3.12. The zero-order valence-electron chi connectivity index (χ0n) is 13.7. The molecular formula is C20H23NO3. The molecule has 2 aromatic carbocycles. The maximum Gasteiger partial charge on any atom is 0.222 e. The second-order valence-corrected chi connectivity index (χ2v) is 6.04. The zero-order chi connectivity index (χ0) is 16.6. The van der Waals surface area contributed by atoms with Crippen molar-refractivity contribution < 1.29 is 14.3 Å². The van der Waals surface area contributed by atoms with Crippen LogP contribution in [0.1, 0.15) is 30.4 Å². The third-order valence-electron chi connectivity index (χ3n) is 4.07. The highest BCUT2D eigenvalue weighted by molar-refractivity contribution is 5.76. The van der Waals surface area contributed by atoms with Crippen molar-refractivity contribution >= 4 is 5.91 Å². The van der Waals surface area contributed by atoms with Crippen molar-refractivity contribution in [2.24, 2.45) is 0 Å². The van der Waals surface area contributed by atoms with Gasteiger partial charge in [-0.05, 0) is 36.1 Å². The van der Waals surface area contributed by atoms with Gasteiger partial charge in [0, 0.05) is 13.2 Å². The Hall–Kier alpha value is -2.33. The molecule has 1 aliphatic rings. The summed E-state index contributed by atoms with van der Waals surface area (Å²) in [5, 5.41) is 2.95. The molecule has 4 heteroatoms. The van der Waals surface area contributed by atoms with Gasteiger partial charge in [-0.3, -0.25) is 4.79 Å². The smallest absolute Gasteiger partial charge is 0.222 e. The van der Waals surface area contributed by atoms with E-state index in [-0.39, 0.29) is 12.0 Å². The summed E-state index contributed by atoms with van der Waals surface area (Å²) < 4.78 is 11.3. The lowest BCUT2D eigenvalue weighted by Gasteiger charge is -2.11. The first-order valence-electron chi connectivity index (χ1n) is 8.43. The quantitative estimate of drug-likeness (QED) is 0.848. The Morgan fingerprint density at radius 3 is 2.75 bits per heavy atom. The fraction of sp³-hybridized carbons (Fsp3) is 0.350. The molecule has 1 saturated heterocycles. The van der Waals surface area contributed by atoms with Gasteiger partial charge in [-0.2, -0.15) is 0 Å². The lowest BCUT2D eigenvalue weighted by atomic mass is 10.1. The first-order valence-corrected chi connectivity index (χ1v) is 8.43. The van der Waals surface area contributed by atoms with E-state index in [1.54, 1.807) is 0 Å². The molecule has 4 nitrogen and oxygen atoms in total. The first-order chi connectivity index (χ1) is 11.8. The lowest BCUT2D eigenvalue weighted by molar-refractivity contribution is -0.123. The molecule has 0 aromatic heterocycles. The molecule has 1 fully saturated rings. The Morgan fingerprint density at radius 1 is 1.12 bits per heavy atom. The van der Waals surface area contributed by atoms with E-state index in [0.717, 1.165) is 36.3 Å². The van der Waals surface area contributed by atoms with Crippen LogP contribution in [-0.2, 0) is 22.7 Å². The van der Waals surface area contributed by atoms with Crippen LogP contribution in [0.15, 0.2) is 54.6 Å². The second-order valence-electron chi connectivity index (χ2n) is 6.04. The third-order valence-corrected chi connectivity index (χ3v) is 4.07. The highest BCUT2D eigenvalue weighted by Crippen LogP contribution is 2.17. The fourth-order valence-electron chi connectivity index (χ4n) is 2.77. The van der Waals surface area contributed by atoms with Gasteiger partial charge < -0.3 is 14.8 Å². The summed E-state index contributed by atoms with van der Waals surface area (Å²) >= 11 is 0. The van der Waals surface area contributed by atoms with Crippen molar-refractivity contribution in [3.63, 3.8) is 0 Å². The SMILES string of the molecule is O=C(C[C@@H]1CCCO1)NCc1cccc(OCc2ccccc2)c1. The predicted molar refractivity (Wildman–Crippen MR) is 92.7 cm³/mol. The number of amides is 1. The van der Waals surface area contributed by atoms with Gasteiger partial charge in [0.25, 0.3) is 0 Å². The minimum atomic E-state index is 0.0394. The topological polar surface area (TPSA) is 47.6 Å². The van der Waals surface area contributed by atoms with Crippen molar-refractivity contribution in [2.75, 3.05) is 6.61 Å². The second kappa shape index (κ2) is 8.50. The number of hydrogen-bond acceptors (Lipinski definition) is 3. The Morgan fingerprint density at radius 2 is 1.96 bits per heavy atom. The molecule has 0 radical (unpaired) electrons.